The highest BCUT2D eigenvalue weighted by atomic mass is 16.1. The van der Waals surface area contributed by atoms with Gasteiger partial charge < -0.3 is 0 Å². The molecule has 0 radical (unpaired) electrons. The van der Waals surface area contributed by atoms with Crippen molar-refractivity contribution in [1.82, 2.24) is 10.4 Å². The van der Waals surface area contributed by atoms with Crippen molar-refractivity contribution >= 4 is 23.5 Å². The van der Waals surface area contributed by atoms with Crippen molar-refractivity contribution in [2.45, 2.75) is 38.0 Å². The lowest BCUT2D eigenvalue weighted by Gasteiger charge is -2.21. The normalized spacial score (nSPS) is 16.4. The predicted octanol–water partition coefficient (Wildman–Crippen LogP) is 3.36. The van der Waals surface area contributed by atoms with Crippen LogP contribution in [-0.2, 0) is 4.79 Å². The maximum absolute atomic E-state index is 10.3. The number of nitrogens with zero attached hydrogens (tertiary/aromatic N) is 2. The average molecular weight is 281 g/mol. The van der Waals surface area contributed by atoms with Crippen LogP contribution in [0.3, 0.4) is 0 Å². The van der Waals surface area contributed by atoms with E-state index >= 15 is 0 Å². The quantitative estimate of drug-likeness (QED) is 0.531. The molecule has 0 saturated heterocycles. The molecule has 1 aromatic heterocycles. The third-order valence-corrected chi connectivity index (χ3v) is 4.12. The maximum atomic E-state index is 10.3. The monoisotopic (exact) mass is 281 g/mol. The van der Waals surface area contributed by atoms with Gasteiger partial charge in [-0.05, 0) is 25.0 Å². The smallest absolute Gasteiger partial charge is 0.227 e. The fourth-order valence-electron chi connectivity index (χ4n) is 3.08. The van der Waals surface area contributed by atoms with E-state index in [-0.39, 0.29) is 0 Å². The van der Waals surface area contributed by atoms with Crippen LogP contribution in [0.1, 0.15) is 49.3 Å². The number of aromatic nitrogens is 1. The van der Waals surface area contributed by atoms with Gasteiger partial charge in [-0.3, -0.25) is 9.78 Å². The standard InChI is InChI=1S/C17H19N3O/c21-12-19-18-11-14-10-17(13-6-2-1-3-7-13)20-16-9-5-4-8-15(14)16/h4-5,8-13H,1-3,6-7H2,(H,19,21)/b18-11-. The molecular weight excluding hydrogens is 262 g/mol. The summed E-state index contributed by atoms with van der Waals surface area (Å²) in [4.78, 5) is 15.2. The third kappa shape index (κ3) is 3.10. The van der Waals surface area contributed by atoms with Gasteiger partial charge in [-0.1, -0.05) is 37.5 Å². The highest BCUT2D eigenvalue weighted by molar-refractivity contribution is 5.98. The Bertz CT molecular complexity index is 660. The number of nitrogens with one attached hydrogen (secondary N) is 1. The van der Waals surface area contributed by atoms with Crippen LogP contribution in [0.5, 0.6) is 0 Å². The van der Waals surface area contributed by atoms with Gasteiger partial charge in [-0.25, -0.2) is 5.43 Å². The molecule has 1 N–H and O–H groups in total. The summed E-state index contributed by atoms with van der Waals surface area (Å²) in [7, 11) is 0. The van der Waals surface area contributed by atoms with Crippen LogP contribution in [0.4, 0.5) is 0 Å². The Morgan fingerprint density at radius 2 is 2.00 bits per heavy atom. The van der Waals surface area contributed by atoms with Gasteiger partial charge in [0.2, 0.25) is 6.41 Å². The lowest BCUT2D eigenvalue weighted by atomic mass is 9.86. The van der Waals surface area contributed by atoms with Crippen LogP contribution in [0.15, 0.2) is 35.4 Å². The minimum absolute atomic E-state index is 0.550. The average Bonchev–Trinajstić information content (AvgIpc) is 2.55. The number of rotatable bonds is 4. The van der Waals surface area contributed by atoms with Crippen molar-refractivity contribution in [3.05, 3.63) is 41.6 Å². The van der Waals surface area contributed by atoms with Crippen LogP contribution in [-0.4, -0.2) is 17.6 Å². The van der Waals surface area contributed by atoms with Crippen LogP contribution >= 0.6 is 0 Å². The van der Waals surface area contributed by atoms with E-state index in [9.17, 15) is 4.79 Å². The molecule has 0 unspecified atom stereocenters. The first-order valence-corrected chi connectivity index (χ1v) is 7.50. The van der Waals surface area contributed by atoms with Gasteiger partial charge in [-0.2, -0.15) is 5.10 Å². The summed E-state index contributed by atoms with van der Waals surface area (Å²) in [5, 5.41) is 4.99. The van der Waals surface area contributed by atoms with Crippen molar-refractivity contribution in [3.8, 4) is 0 Å². The summed E-state index contributed by atoms with van der Waals surface area (Å²) in [6.07, 6.45) is 8.61. The largest absolute Gasteiger partial charge is 0.277 e. The summed E-state index contributed by atoms with van der Waals surface area (Å²) in [6.45, 7) is 0. The summed E-state index contributed by atoms with van der Waals surface area (Å²) in [6, 6.07) is 10.2. The third-order valence-electron chi connectivity index (χ3n) is 4.12. The van der Waals surface area contributed by atoms with Crippen molar-refractivity contribution in [2.24, 2.45) is 5.10 Å². The molecule has 108 valence electrons. The molecule has 1 amide bonds. The van der Waals surface area contributed by atoms with Gasteiger partial charge in [0.15, 0.2) is 0 Å². The van der Waals surface area contributed by atoms with Crippen LogP contribution < -0.4 is 5.43 Å². The number of para-hydroxylation sites is 1. The molecule has 0 spiro atoms. The minimum Gasteiger partial charge on any atom is -0.277 e. The van der Waals surface area contributed by atoms with E-state index in [1.54, 1.807) is 6.21 Å². The fourth-order valence-corrected chi connectivity index (χ4v) is 3.08. The van der Waals surface area contributed by atoms with Crippen molar-refractivity contribution in [1.29, 1.82) is 0 Å². The molecule has 0 bridgehead atoms. The predicted molar refractivity (Wildman–Crippen MR) is 84.4 cm³/mol. The molecule has 4 heteroatoms. The van der Waals surface area contributed by atoms with Crippen molar-refractivity contribution in [2.75, 3.05) is 0 Å². The van der Waals surface area contributed by atoms with Gasteiger partial charge in [0.25, 0.3) is 0 Å². The molecule has 1 saturated carbocycles. The Balaban J connectivity index is 2.03. The Kier molecular flexibility index (Phi) is 4.24. The van der Waals surface area contributed by atoms with E-state index in [0.717, 1.165) is 22.2 Å². The van der Waals surface area contributed by atoms with Gasteiger partial charge in [-0.15, -0.1) is 0 Å². The van der Waals surface area contributed by atoms with E-state index in [1.165, 1.54) is 32.1 Å². The topological polar surface area (TPSA) is 54.4 Å². The summed E-state index contributed by atoms with van der Waals surface area (Å²) in [5.41, 5.74) is 5.49. The Morgan fingerprint density at radius 1 is 1.19 bits per heavy atom. The Labute approximate surface area is 124 Å². The van der Waals surface area contributed by atoms with Crippen LogP contribution in [0.2, 0.25) is 0 Å². The molecule has 0 atom stereocenters. The molecule has 4 nitrogen and oxygen atoms in total. The number of hydrogen-bond donors (Lipinski definition) is 1. The number of hydrazone groups is 1. The second kappa shape index (κ2) is 6.48. The molecule has 1 aliphatic rings. The summed E-state index contributed by atoms with van der Waals surface area (Å²) in [5.74, 6) is 0.550. The first-order chi connectivity index (χ1) is 10.4. The second-order valence-corrected chi connectivity index (χ2v) is 5.49. The number of pyridine rings is 1. The highest BCUT2D eigenvalue weighted by Crippen LogP contribution is 2.33. The molecule has 21 heavy (non-hydrogen) atoms. The van der Waals surface area contributed by atoms with E-state index < -0.39 is 0 Å². The molecular formula is C17H19N3O. The Morgan fingerprint density at radius 3 is 2.81 bits per heavy atom. The molecule has 1 heterocycles. The zero-order valence-corrected chi connectivity index (χ0v) is 12.0. The van der Waals surface area contributed by atoms with E-state index in [1.807, 2.05) is 24.3 Å². The van der Waals surface area contributed by atoms with Crippen LogP contribution in [0.25, 0.3) is 10.9 Å². The lowest BCUT2D eigenvalue weighted by molar-refractivity contribution is -0.109. The second-order valence-electron chi connectivity index (χ2n) is 5.49. The summed E-state index contributed by atoms with van der Waals surface area (Å²) >= 11 is 0. The molecule has 1 aromatic carbocycles. The molecule has 3 rings (SSSR count). The number of amides is 1. The van der Waals surface area contributed by atoms with Gasteiger partial charge in [0.05, 0.1) is 11.7 Å². The van der Waals surface area contributed by atoms with Crippen molar-refractivity contribution in [3.63, 3.8) is 0 Å². The van der Waals surface area contributed by atoms with Gasteiger partial charge in [0.1, 0.15) is 0 Å². The molecule has 0 aliphatic heterocycles. The molecule has 1 fully saturated rings. The fraction of sp³-hybridized carbons (Fsp3) is 0.353. The van der Waals surface area contributed by atoms with Crippen molar-refractivity contribution < 1.29 is 4.79 Å². The highest BCUT2D eigenvalue weighted by Gasteiger charge is 2.18. The number of hydrogen-bond acceptors (Lipinski definition) is 3. The number of benzene rings is 1. The summed E-state index contributed by atoms with van der Waals surface area (Å²) < 4.78 is 0. The SMILES string of the molecule is O=CN/N=C\c1cc(C2CCCCC2)nc2ccccc12. The minimum atomic E-state index is 0.550. The van der Waals surface area contributed by atoms with Gasteiger partial charge >= 0.3 is 0 Å². The zero-order valence-electron chi connectivity index (χ0n) is 12.0. The lowest BCUT2D eigenvalue weighted by Crippen LogP contribution is -2.08. The van der Waals surface area contributed by atoms with E-state index in [4.69, 9.17) is 4.98 Å². The van der Waals surface area contributed by atoms with Gasteiger partial charge in [0, 0.05) is 22.6 Å². The molecule has 2 aromatic rings. The number of fused-ring (bicyclic) bond motifs is 1. The van der Waals surface area contributed by atoms with E-state index in [2.05, 4.69) is 16.6 Å². The Hall–Kier alpha value is -2.23. The zero-order chi connectivity index (χ0) is 14.5. The maximum Gasteiger partial charge on any atom is 0.227 e. The van der Waals surface area contributed by atoms with Crippen LogP contribution in [0, 0.1) is 0 Å². The van der Waals surface area contributed by atoms with E-state index in [0.29, 0.717) is 12.3 Å². The number of carbonyl (C=O) groups excluding carboxylic acids is 1. The first kappa shape index (κ1) is 13.7. The molecule has 1 aliphatic carbocycles. The number of carbonyl (C=O) groups is 1. The first-order valence-electron chi connectivity index (χ1n) is 7.50.